The van der Waals surface area contributed by atoms with E-state index in [9.17, 15) is 14.9 Å². The Morgan fingerprint density at radius 2 is 2.04 bits per heavy atom. The van der Waals surface area contributed by atoms with Gasteiger partial charge < -0.3 is 9.64 Å². The average molecular weight is 360 g/mol. The fourth-order valence-electron chi connectivity index (χ4n) is 3.16. The van der Waals surface area contributed by atoms with E-state index in [1.165, 1.54) is 6.07 Å². The summed E-state index contributed by atoms with van der Waals surface area (Å²) in [5, 5.41) is 16.1. The van der Waals surface area contributed by atoms with Crippen LogP contribution in [-0.2, 0) is 11.3 Å². The number of piperidine rings is 1. The molecule has 2 aromatic rings. The van der Waals surface area contributed by atoms with Crippen molar-refractivity contribution in [1.29, 1.82) is 0 Å². The molecule has 1 aliphatic rings. The number of nitro benzene ring substituents is 1. The molecule has 0 bridgehead atoms. The first kappa shape index (κ1) is 18.2. The number of nitro groups is 1. The van der Waals surface area contributed by atoms with E-state index >= 15 is 0 Å². The van der Waals surface area contributed by atoms with Crippen molar-refractivity contribution in [2.45, 2.75) is 45.8 Å². The van der Waals surface area contributed by atoms with Crippen LogP contribution in [0.3, 0.4) is 0 Å². The first-order valence-electron chi connectivity index (χ1n) is 8.81. The van der Waals surface area contributed by atoms with E-state index in [2.05, 4.69) is 5.10 Å². The third kappa shape index (κ3) is 4.30. The fourth-order valence-corrected chi connectivity index (χ4v) is 3.16. The van der Waals surface area contributed by atoms with Crippen molar-refractivity contribution >= 4 is 22.7 Å². The molecule has 1 aliphatic heterocycles. The molecule has 0 unspecified atom stereocenters. The highest BCUT2D eigenvalue weighted by atomic mass is 16.6. The number of aromatic nitrogens is 2. The zero-order valence-corrected chi connectivity index (χ0v) is 15.3. The Morgan fingerprint density at radius 3 is 2.65 bits per heavy atom. The Labute approximate surface area is 151 Å². The van der Waals surface area contributed by atoms with Crippen molar-refractivity contribution in [2.75, 3.05) is 13.1 Å². The molecule has 8 nitrogen and oxygen atoms in total. The Hall–Kier alpha value is -2.64. The van der Waals surface area contributed by atoms with E-state index < -0.39 is 10.5 Å². The molecule has 0 radical (unpaired) electrons. The average Bonchev–Trinajstić information content (AvgIpc) is 2.95. The number of likely N-dealkylation sites (tertiary alicyclic amines) is 1. The van der Waals surface area contributed by atoms with Crippen LogP contribution in [0.2, 0.25) is 0 Å². The first-order chi connectivity index (χ1) is 12.2. The number of non-ortho nitro benzene ring substituents is 1. The molecule has 1 fully saturated rings. The maximum absolute atomic E-state index is 12.1. The molecule has 8 heteroatoms. The highest BCUT2D eigenvalue weighted by molar-refractivity contribution is 5.80. The molecule has 1 aromatic heterocycles. The largest absolute Gasteiger partial charge is 0.444 e. The van der Waals surface area contributed by atoms with Gasteiger partial charge in [0.15, 0.2) is 0 Å². The molecular formula is C18H24N4O4. The lowest BCUT2D eigenvalue weighted by atomic mass is 9.97. The summed E-state index contributed by atoms with van der Waals surface area (Å²) in [7, 11) is 0. The van der Waals surface area contributed by atoms with Gasteiger partial charge in [0, 0.05) is 43.4 Å². The third-order valence-corrected chi connectivity index (χ3v) is 4.46. The van der Waals surface area contributed by atoms with Crippen LogP contribution in [0, 0.1) is 16.0 Å². The summed E-state index contributed by atoms with van der Waals surface area (Å²) in [6.45, 7) is 7.68. The second-order valence-corrected chi connectivity index (χ2v) is 7.76. The quantitative estimate of drug-likeness (QED) is 0.616. The summed E-state index contributed by atoms with van der Waals surface area (Å²) < 4.78 is 7.26. The number of benzene rings is 1. The highest BCUT2D eigenvalue weighted by Gasteiger charge is 2.27. The van der Waals surface area contributed by atoms with Crippen LogP contribution in [0.5, 0.6) is 0 Å². The number of carbonyl (C=O) groups excluding carboxylic acids is 1. The lowest BCUT2D eigenvalue weighted by molar-refractivity contribution is -0.384. The molecule has 0 saturated carbocycles. The molecule has 0 aliphatic carbocycles. The van der Waals surface area contributed by atoms with E-state index in [-0.39, 0.29) is 11.8 Å². The maximum atomic E-state index is 12.1. The van der Waals surface area contributed by atoms with Crippen LogP contribution in [-0.4, -0.2) is 44.4 Å². The van der Waals surface area contributed by atoms with Crippen molar-refractivity contribution in [3.63, 3.8) is 0 Å². The topological polar surface area (TPSA) is 90.5 Å². The summed E-state index contributed by atoms with van der Waals surface area (Å²) in [6.07, 6.45) is 3.36. The molecule has 0 N–H and O–H groups in total. The van der Waals surface area contributed by atoms with Crippen LogP contribution in [0.4, 0.5) is 10.5 Å². The SMILES string of the molecule is CC(C)(C)OC(=O)N1CCC(Cn2cc3cc([N+](=O)[O-])ccc3n2)CC1. The lowest BCUT2D eigenvalue weighted by Crippen LogP contribution is -2.42. The number of ether oxygens (including phenoxy) is 1. The normalized spacial score (nSPS) is 16.0. The molecule has 0 atom stereocenters. The second kappa shape index (κ2) is 6.93. The van der Waals surface area contributed by atoms with Crippen molar-refractivity contribution in [2.24, 2.45) is 5.92 Å². The standard InChI is InChI=1S/C18H24N4O4/c1-18(2,3)26-17(23)20-8-6-13(7-9-20)11-21-12-14-10-15(22(24)25)4-5-16(14)19-21/h4-5,10,12-13H,6-9,11H2,1-3H3. The van der Waals surface area contributed by atoms with E-state index in [1.807, 2.05) is 31.6 Å². The molecular weight excluding hydrogens is 336 g/mol. The van der Waals surface area contributed by atoms with E-state index in [1.54, 1.807) is 17.0 Å². The van der Waals surface area contributed by atoms with Gasteiger partial charge in [0.05, 0.1) is 10.4 Å². The second-order valence-electron chi connectivity index (χ2n) is 7.76. The van der Waals surface area contributed by atoms with Gasteiger partial charge in [0.2, 0.25) is 0 Å². The maximum Gasteiger partial charge on any atom is 0.410 e. The van der Waals surface area contributed by atoms with Crippen molar-refractivity contribution in [1.82, 2.24) is 14.7 Å². The number of hydrogen-bond donors (Lipinski definition) is 0. The first-order valence-corrected chi connectivity index (χ1v) is 8.81. The van der Waals surface area contributed by atoms with Crippen LogP contribution >= 0.6 is 0 Å². The zero-order chi connectivity index (χ0) is 18.9. The number of rotatable bonds is 3. The van der Waals surface area contributed by atoms with Crippen molar-refractivity contribution in [3.05, 3.63) is 34.5 Å². The lowest BCUT2D eigenvalue weighted by Gasteiger charge is -2.33. The van der Waals surface area contributed by atoms with Gasteiger partial charge in [-0.05, 0) is 45.6 Å². The van der Waals surface area contributed by atoms with Crippen LogP contribution in [0.1, 0.15) is 33.6 Å². The third-order valence-electron chi connectivity index (χ3n) is 4.46. The number of carbonyl (C=O) groups is 1. The Morgan fingerprint density at radius 1 is 1.35 bits per heavy atom. The van der Waals surface area contributed by atoms with Gasteiger partial charge in [-0.15, -0.1) is 0 Å². The molecule has 0 spiro atoms. The van der Waals surface area contributed by atoms with Gasteiger partial charge in [-0.25, -0.2) is 4.79 Å². The predicted molar refractivity (Wildman–Crippen MR) is 96.9 cm³/mol. The molecule has 140 valence electrons. The minimum absolute atomic E-state index is 0.0720. The zero-order valence-electron chi connectivity index (χ0n) is 15.3. The van der Waals surface area contributed by atoms with Crippen molar-refractivity contribution < 1.29 is 14.5 Å². The van der Waals surface area contributed by atoms with Gasteiger partial charge >= 0.3 is 6.09 Å². The van der Waals surface area contributed by atoms with Gasteiger partial charge in [-0.3, -0.25) is 14.8 Å². The minimum Gasteiger partial charge on any atom is -0.444 e. The summed E-state index contributed by atoms with van der Waals surface area (Å²) in [5.74, 6) is 0.415. The predicted octanol–water partition coefficient (Wildman–Crippen LogP) is 3.59. The number of nitrogens with zero attached hydrogens (tertiary/aromatic N) is 4. The summed E-state index contributed by atoms with van der Waals surface area (Å²) >= 11 is 0. The summed E-state index contributed by atoms with van der Waals surface area (Å²) in [5.41, 5.74) is 0.343. The Balaban J connectivity index is 1.58. The molecule has 1 amide bonds. The fraction of sp³-hybridized carbons (Fsp3) is 0.556. The number of hydrogen-bond acceptors (Lipinski definition) is 5. The smallest absolute Gasteiger partial charge is 0.410 e. The van der Waals surface area contributed by atoms with Crippen molar-refractivity contribution in [3.8, 4) is 0 Å². The monoisotopic (exact) mass is 360 g/mol. The van der Waals surface area contributed by atoms with Gasteiger partial charge in [0.25, 0.3) is 5.69 Å². The van der Waals surface area contributed by atoms with E-state index in [0.717, 1.165) is 30.3 Å². The molecule has 1 aromatic carbocycles. The molecule has 26 heavy (non-hydrogen) atoms. The van der Waals surface area contributed by atoms with Crippen LogP contribution in [0.15, 0.2) is 24.4 Å². The van der Waals surface area contributed by atoms with Gasteiger partial charge in [0.1, 0.15) is 5.60 Å². The molecule has 2 heterocycles. The Kier molecular flexibility index (Phi) is 4.84. The Bertz CT molecular complexity index is 816. The molecule has 3 rings (SSSR count). The number of fused-ring (bicyclic) bond motifs is 1. The minimum atomic E-state index is -0.480. The van der Waals surface area contributed by atoms with Gasteiger partial charge in [-0.2, -0.15) is 5.10 Å². The summed E-state index contributed by atoms with van der Waals surface area (Å²) in [4.78, 5) is 24.3. The molecule has 1 saturated heterocycles. The van der Waals surface area contributed by atoms with Crippen LogP contribution < -0.4 is 0 Å². The highest BCUT2D eigenvalue weighted by Crippen LogP contribution is 2.23. The van der Waals surface area contributed by atoms with E-state index in [4.69, 9.17) is 4.74 Å². The van der Waals surface area contributed by atoms with Crippen LogP contribution in [0.25, 0.3) is 10.9 Å². The summed E-state index contributed by atoms with van der Waals surface area (Å²) in [6, 6.07) is 4.69. The van der Waals surface area contributed by atoms with Gasteiger partial charge in [-0.1, -0.05) is 0 Å². The van der Waals surface area contributed by atoms with E-state index in [0.29, 0.717) is 19.0 Å². The number of amides is 1.